The van der Waals surface area contributed by atoms with Gasteiger partial charge in [0.1, 0.15) is 11.0 Å². The predicted octanol–water partition coefficient (Wildman–Crippen LogP) is 6.11. The van der Waals surface area contributed by atoms with Crippen LogP contribution in [0.15, 0.2) is 0 Å². The minimum Gasteiger partial charge on any atom is -0.236 e. The molecule has 0 unspecified atom stereocenters. The van der Waals surface area contributed by atoms with Crippen LogP contribution in [0.5, 0.6) is 0 Å². The Labute approximate surface area is 147 Å². The molecule has 0 radical (unpaired) electrons. The fourth-order valence-electron chi connectivity index (χ4n) is 3.23. The first-order chi connectivity index (χ1) is 9.82. The third-order valence-corrected chi connectivity index (χ3v) is 6.06. The van der Waals surface area contributed by atoms with Crippen LogP contribution in [0.2, 0.25) is 5.15 Å². The van der Waals surface area contributed by atoms with E-state index >= 15 is 0 Å². The topological polar surface area (TPSA) is 25.8 Å². The number of halogens is 2. The number of nitrogens with zero attached hydrogens (tertiary/aromatic N) is 2. The standard InChI is InChI=1S/C17H26ClIN2/c1-5-6-11-7-9-12(10-8-11)16-20-14(17(2,3)4)13(19)15(18)21-16/h11-12H,5-10H2,1-4H3. The van der Waals surface area contributed by atoms with Crippen molar-refractivity contribution in [3.05, 3.63) is 20.2 Å². The zero-order chi connectivity index (χ0) is 15.6. The smallest absolute Gasteiger partial charge is 0.146 e. The van der Waals surface area contributed by atoms with Crippen LogP contribution >= 0.6 is 34.2 Å². The molecule has 1 heterocycles. The van der Waals surface area contributed by atoms with Crippen LogP contribution in [0.4, 0.5) is 0 Å². The van der Waals surface area contributed by atoms with E-state index in [1.165, 1.54) is 38.5 Å². The lowest BCUT2D eigenvalue weighted by atomic mass is 9.79. The van der Waals surface area contributed by atoms with Gasteiger partial charge in [-0.3, -0.25) is 0 Å². The fraction of sp³-hybridized carbons (Fsp3) is 0.765. The number of aromatic nitrogens is 2. The van der Waals surface area contributed by atoms with Gasteiger partial charge in [0, 0.05) is 11.3 Å². The van der Waals surface area contributed by atoms with E-state index in [0.717, 1.165) is 21.0 Å². The number of rotatable bonds is 3. The fourth-order valence-corrected chi connectivity index (χ4v) is 4.46. The Morgan fingerprint density at radius 1 is 1.14 bits per heavy atom. The summed E-state index contributed by atoms with van der Waals surface area (Å²) in [5, 5.41) is 0.626. The van der Waals surface area contributed by atoms with Crippen molar-refractivity contribution in [3.8, 4) is 0 Å². The van der Waals surface area contributed by atoms with E-state index < -0.39 is 0 Å². The summed E-state index contributed by atoms with van der Waals surface area (Å²) in [5.41, 5.74) is 1.10. The van der Waals surface area contributed by atoms with Crippen LogP contribution in [0.25, 0.3) is 0 Å². The Morgan fingerprint density at radius 3 is 2.29 bits per heavy atom. The molecule has 0 N–H and O–H groups in total. The average Bonchev–Trinajstić information content (AvgIpc) is 2.41. The van der Waals surface area contributed by atoms with E-state index in [0.29, 0.717) is 11.1 Å². The van der Waals surface area contributed by atoms with Crippen molar-refractivity contribution >= 4 is 34.2 Å². The molecular weight excluding hydrogens is 395 g/mol. The molecule has 0 amide bonds. The van der Waals surface area contributed by atoms with Crippen LogP contribution in [0.1, 0.15) is 83.7 Å². The third-order valence-electron chi connectivity index (χ3n) is 4.45. The molecular formula is C17H26ClIN2. The SMILES string of the molecule is CCCC1CCC(c2nc(Cl)c(I)c(C(C)(C)C)n2)CC1. The molecule has 0 spiro atoms. The highest BCUT2D eigenvalue weighted by atomic mass is 127. The van der Waals surface area contributed by atoms with Crippen LogP contribution in [-0.2, 0) is 5.41 Å². The number of hydrogen-bond acceptors (Lipinski definition) is 2. The van der Waals surface area contributed by atoms with E-state index in [-0.39, 0.29) is 5.41 Å². The van der Waals surface area contributed by atoms with Crippen LogP contribution in [0.3, 0.4) is 0 Å². The molecule has 118 valence electrons. The summed E-state index contributed by atoms with van der Waals surface area (Å²) in [6.45, 7) is 8.85. The molecule has 21 heavy (non-hydrogen) atoms. The molecule has 0 bridgehead atoms. The molecule has 0 atom stereocenters. The lowest BCUT2D eigenvalue weighted by Gasteiger charge is -2.29. The van der Waals surface area contributed by atoms with Crippen LogP contribution in [-0.4, -0.2) is 9.97 Å². The maximum absolute atomic E-state index is 6.36. The highest BCUT2D eigenvalue weighted by Crippen LogP contribution is 2.38. The summed E-state index contributed by atoms with van der Waals surface area (Å²) in [4.78, 5) is 9.48. The molecule has 0 aliphatic heterocycles. The van der Waals surface area contributed by atoms with Gasteiger partial charge in [-0.2, -0.15) is 0 Å². The third kappa shape index (κ3) is 4.31. The van der Waals surface area contributed by atoms with Crippen molar-refractivity contribution in [3.63, 3.8) is 0 Å². The maximum Gasteiger partial charge on any atom is 0.146 e. The molecule has 1 fully saturated rings. The lowest BCUT2D eigenvalue weighted by Crippen LogP contribution is -2.21. The zero-order valence-corrected chi connectivity index (χ0v) is 16.5. The predicted molar refractivity (Wildman–Crippen MR) is 98.1 cm³/mol. The molecule has 1 aromatic rings. The largest absolute Gasteiger partial charge is 0.236 e. The van der Waals surface area contributed by atoms with Crippen molar-refractivity contribution in [2.45, 2.75) is 77.6 Å². The normalized spacial score (nSPS) is 23.3. The summed E-state index contributed by atoms with van der Waals surface area (Å²) in [7, 11) is 0. The number of hydrogen-bond donors (Lipinski definition) is 0. The van der Waals surface area contributed by atoms with Gasteiger partial charge in [-0.1, -0.05) is 52.1 Å². The van der Waals surface area contributed by atoms with Gasteiger partial charge in [-0.05, 0) is 54.2 Å². The Morgan fingerprint density at radius 2 is 1.76 bits per heavy atom. The first-order valence-corrected chi connectivity index (χ1v) is 9.52. The minimum absolute atomic E-state index is 0.0112. The van der Waals surface area contributed by atoms with E-state index in [1.807, 2.05) is 0 Å². The second kappa shape index (κ2) is 7.12. The van der Waals surface area contributed by atoms with Crippen molar-refractivity contribution < 1.29 is 0 Å². The first-order valence-electron chi connectivity index (χ1n) is 8.06. The van der Waals surface area contributed by atoms with Gasteiger partial charge < -0.3 is 0 Å². The molecule has 0 saturated heterocycles. The summed E-state index contributed by atoms with van der Waals surface area (Å²) in [5.74, 6) is 2.38. The van der Waals surface area contributed by atoms with Crippen molar-refractivity contribution in [1.82, 2.24) is 9.97 Å². The van der Waals surface area contributed by atoms with Gasteiger partial charge in [-0.15, -0.1) is 0 Å². The van der Waals surface area contributed by atoms with Crippen molar-refractivity contribution in [1.29, 1.82) is 0 Å². The molecule has 1 aliphatic carbocycles. The summed E-state index contributed by atoms with van der Waals surface area (Å²) in [6, 6.07) is 0. The maximum atomic E-state index is 6.36. The molecule has 0 aromatic carbocycles. The highest BCUT2D eigenvalue weighted by Gasteiger charge is 2.28. The van der Waals surface area contributed by atoms with Gasteiger partial charge in [0.15, 0.2) is 0 Å². The molecule has 1 saturated carbocycles. The molecule has 2 nitrogen and oxygen atoms in total. The second-order valence-corrected chi connectivity index (χ2v) is 8.73. The van der Waals surface area contributed by atoms with Crippen LogP contribution < -0.4 is 0 Å². The zero-order valence-electron chi connectivity index (χ0n) is 13.5. The van der Waals surface area contributed by atoms with Gasteiger partial charge in [0.25, 0.3) is 0 Å². The van der Waals surface area contributed by atoms with E-state index in [1.54, 1.807) is 0 Å². The van der Waals surface area contributed by atoms with E-state index in [4.69, 9.17) is 16.6 Å². The molecule has 2 rings (SSSR count). The van der Waals surface area contributed by atoms with Crippen molar-refractivity contribution in [2.24, 2.45) is 5.92 Å². The van der Waals surface area contributed by atoms with Crippen molar-refractivity contribution in [2.75, 3.05) is 0 Å². The molecule has 1 aliphatic rings. The van der Waals surface area contributed by atoms with E-state index in [9.17, 15) is 0 Å². The molecule has 1 aromatic heterocycles. The first kappa shape index (κ1) is 17.5. The minimum atomic E-state index is 0.0112. The summed E-state index contributed by atoms with van der Waals surface area (Å²) in [6.07, 6.45) is 7.73. The summed E-state index contributed by atoms with van der Waals surface area (Å²) < 4.78 is 1.00. The quantitative estimate of drug-likeness (QED) is 0.436. The van der Waals surface area contributed by atoms with Gasteiger partial charge in [0.2, 0.25) is 0 Å². The van der Waals surface area contributed by atoms with E-state index in [2.05, 4.69) is 55.3 Å². The Hall–Kier alpha value is 0.1000. The average molecular weight is 421 g/mol. The summed E-state index contributed by atoms with van der Waals surface area (Å²) >= 11 is 8.64. The Balaban J connectivity index is 2.20. The molecule has 4 heteroatoms. The Bertz CT molecular complexity index is 488. The van der Waals surface area contributed by atoms with Crippen LogP contribution in [0, 0.1) is 9.49 Å². The highest BCUT2D eigenvalue weighted by molar-refractivity contribution is 14.1. The van der Waals surface area contributed by atoms with Gasteiger partial charge in [-0.25, -0.2) is 9.97 Å². The Kier molecular flexibility index (Phi) is 5.91. The monoisotopic (exact) mass is 420 g/mol. The second-order valence-electron chi connectivity index (χ2n) is 7.29. The van der Waals surface area contributed by atoms with Gasteiger partial charge in [0.05, 0.1) is 9.26 Å². The lowest BCUT2D eigenvalue weighted by molar-refractivity contribution is 0.301. The van der Waals surface area contributed by atoms with Gasteiger partial charge >= 0.3 is 0 Å².